The number of hydrogen-bond acceptors (Lipinski definition) is 4. The van der Waals surface area contributed by atoms with E-state index in [4.69, 9.17) is 14.2 Å². The van der Waals surface area contributed by atoms with E-state index in [9.17, 15) is 0 Å². The standard InChI is InChI=1S/C12H19NO3/c1-13(2)8-9-15-11-4-6-12(7-5-11)16-10-14-3/h4-7H,8-10H2,1-3H3. The lowest BCUT2D eigenvalue weighted by Crippen LogP contribution is -2.19. The van der Waals surface area contributed by atoms with E-state index in [0.29, 0.717) is 6.61 Å². The third-order valence-electron chi connectivity index (χ3n) is 1.97. The summed E-state index contributed by atoms with van der Waals surface area (Å²) in [4.78, 5) is 2.08. The maximum absolute atomic E-state index is 5.55. The van der Waals surface area contributed by atoms with Crippen LogP contribution in [-0.2, 0) is 4.74 Å². The van der Waals surface area contributed by atoms with Gasteiger partial charge in [-0.15, -0.1) is 0 Å². The largest absolute Gasteiger partial charge is 0.492 e. The summed E-state index contributed by atoms with van der Waals surface area (Å²) in [5.41, 5.74) is 0. The first-order chi connectivity index (χ1) is 7.72. The van der Waals surface area contributed by atoms with Gasteiger partial charge in [-0.05, 0) is 38.4 Å². The number of hydrogen-bond donors (Lipinski definition) is 0. The molecule has 90 valence electrons. The molecule has 16 heavy (non-hydrogen) atoms. The summed E-state index contributed by atoms with van der Waals surface area (Å²) >= 11 is 0. The molecule has 0 unspecified atom stereocenters. The molecule has 0 spiro atoms. The Morgan fingerprint density at radius 3 is 2.06 bits per heavy atom. The van der Waals surface area contributed by atoms with Crippen LogP contribution in [0.15, 0.2) is 24.3 Å². The van der Waals surface area contributed by atoms with Crippen molar-refractivity contribution in [1.82, 2.24) is 4.90 Å². The van der Waals surface area contributed by atoms with Crippen LogP contribution in [0.2, 0.25) is 0 Å². The quantitative estimate of drug-likeness (QED) is 0.660. The molecule has 0 saturated heterocycles. The van der Waals surface area contributed by atoms with Crippen molar-refractivity contribution in [1.29, 1.82) is 0 Å². The zero-order valence-electron chi connectivity index (χ0n) is 10.1. The van der Waals surface area contributed by atoms with Crippen LogP contribution in [0.4, 0.5) is 0 Å². The number of rotatable bonds is 7. The minimum absolute atomic E-state index is 0.265. The molecule has 0 heterocycles. The lowest BCUT2D eigenvalue weighted by molar-refractivity contribution is 0.0511. The summed E-state index contributed by atoms with van der Waals surface area (Å²) in [6.07, 6.45) is 0. The van der Waals surface area contributed by atoms with Gasteiger partial charge in [-0.1, -0.05) is 0 Å². The summed E-state index contributed by atoms with van der Waals surface area (Å²) in [5, 5.41) is 0. The second kappa shape index (κ2) is 7.09. The minimum atomic E-state index is 0.265. The van der Waals surface area contributed by atoms with Crippen molar-refractivity contribution in [3.8, 4) is 11.5 Å². The highest BCUT2D eigenvalue weighted by Gasteiger charge is 1.96. The smallest absolute Gasteiger partial charge is 0.188 e. The molecule has 0 aliphatic heterocycles. The second-order valence-corrected chi connectivity index (χ2v) is 3.67. The maximum atomic E-state index is 5.55. The molecule has 0 radical (unpaired) electrons. The number of ether oxygens (including phenoxy) is 3. The Labute approximate surface area is 96.7 Å². The molecule has 0 aliphatic rings. The van der Waals surface area contributed by atoms with Crippen LogP contribution in [0.1, 0.15) is 0 Å². The molecular formula is C12H19NO3. The molecular weight excluding hydrogens is 206 g/mol. The van der Waals surface area contributed by atoms with Crippen LogP contribution in [0.3, 0.4) is 0 Å². The topological polar surface area (TPSA) is 30.9 Å². The average Bonchev–Trinajstić information content (AvgIpc) is 2.27. The lowest BCUT2D eigenvalue weighted by Gasteiger charge is -2.11. The fraction of sp³-hybridized carbons (Fsp3) is 0.500. The molecule has 0 amide bonds. The van der Waals surface area contributed by atoms with Gasteiger partial charge in [-0.25, -0.2) is 0 Å². The highest BCUT2D eigenvalue weighted by molar-refractivity contribution is 5.31. The first kappa shape index (κ1) is 12.8. The van der Waals surface area contributed by atoms with Crippen LogP contribution < -0.4 is 9.47 Å². The number of benzene rings is 1. The Hall–Kier alpha value is -1.26. The zero-order valence-corrected chi connectivity index (χ0v) is 10.1. The summed E-state index contributed by atoms with van der Waals surface area (Å²) in [6, 6.07) is 7.51. The van der Waals surface area contributed by atoms with Crippen molar-refractivity contribution in [3.63, 3.8) is 0 Å². The highest BCUT2D eigenvalue weighted by Crippen LogP contribution is 2.17. The molecule has 4 heteroatoms. The second-order valence-electron chi connectivity index (χ2n) is 3.67. The van der Waals surface area contributed by atoms with E-state index < -0.39 is 0 Å². The lowest BCUT2D eigenvalue weighted by atomic mass is 10.3. The van der Waals surface area contributed by atoms with Crippen molar-refractivity contribution in [2.45, 2.75) is 0 Å². The van der Waals surface area contributed by atoms with E-state index in [-0.39, 0.29) is 6.79 Å². The molecule has 4 nitrogen and oxygen atoms in total. The number of methoxy groups -OCH3 is 1. The van der Waals surface area contributed by atoms with Crippen LogP contribution >= 0.6 is 0 Å². The average molecular weight is 225 g/mol. The fourth-order valence-corrected chi connectivity index (χ4v) is 1.11. The molecule has 0 aliphatic carbocycles. The Morgan fingerprint density at radius 2 is 1.56 bits per heavy atom. The fourth-order valence-electron chi connectivity index (χ4n) is 1.11. The third-order valence-corrected chi connectivity index (χ3v) is 1.97. The molecule has 0 bridgehead atoms. The molecule has 0 fully saturated rings. The van der Waals surface area contributed by atoms with E-state index in [2.05, 4.69) is 4.90 Å². The first-order valence-corrected chi connectivity index (χ1v) is 5.21. The van der Waals surface area contributed by atoms with Gasteiger partial charge in [0.15, 0.2) is 6.79 Å². The molecule has 1 aromatic carbocycles. The monoisotopic (exact) mass is 225 g/mol. The highest BCUT2D eigenvalue weighted by atomic mass is 16.7. The van der Waals surface area contributed by atoms with E-state index in [1.54, 1.807) is 7.11 Å². The summed E-state index contributed by atoms with van der Waals surface area (Å²) in [7, 11) is 5.63. The van der Waals surface area contributed by atoms with E-state index in [0.717, 1.165) is 18.0 Å². The summed E-state index contributed by atoms with van der Waals surface area (Å²) in [5.74, 6) is 1.63. The van der Waals surface area contributed by atoms with Gasteiger partial charge in [-0.3, -0.25) is 0 Å². The zero-order chi connectivity index (χ0) is 11.8. The van der Waals surface area contributed by atoms with Crippen molar-refractivity contribution >= 4 is 0 Å². The van der Waals surface area contributed by atoms with Gasteiger partial charge < -0.3 is 19.1 Å². The van der Waals surface area contributed by atoms with Crippen LogP contribution in [0, 0.1) is 0 Å². The van der Waals surface area contributed by atoms with Gasteiger partial charge in [0.2, 0.25) is 0 Å². The number of nitrogens with zero attached hydrogens (tertiary/aromatic N) is 1. The summed E-state index contributed by atoms with van der Waals surface area (Å²) < 4.78 is 15.6. The van der Waals surface area contributed by atoms with Gasteiger partial charge in [0.1, 0.15) is 18.1 Å². The van der Waals surface area contributed by atoms with Crippen molar-refractivity contribution in [2.75, 3.05) is 41.1 Å². The van der Waals surface area contributed by atoms with Crippen molar-refractivity contribution < 1.29 is 14.2 Å². The van der Waals surface area contributed by atoms with E-state index in [1.165, 1.54) is 0 Å². The van der Waals surface area contributed by atoms with Crippen LogP contribution in [0.5, 0.6) is 11.5 Å². The van der Waals surface area contributed by atoms with Gasteiger partial charge in [0.25, 0.3) is 0 Å². The van der Waals surface area contributed by atoms with Gasteiger partial charge in [0, 0.05) is 13.7 Å². The molecule has 1 aromatic rings. The molecule has 0 N–H and O–H groups in total. The molecule has 0 saturated carbocycles. The Kier molecular flexibility index (Phi) is 5.67. The number of likely N-dealkylation sites (N-methyl/N-ethyl adjacent to an activating group) is 1. The maximum Gasteiger partial charge on any atom is 0.188 e. The molecule has 1 rings (SSSR count). The minimum Gasteiger partial charge on any atom is -0.492 e. The van der Waals surface area contributed by atoms with Gasteiger partial charge in [0.05, 0.1) is 0 Å². The van der Waals surface area contributed by atoms with E-state index >= 15 is 0 Å². The van der Waals surface area contributed by atoms with Crippen molar-refractivity contribution in [2.24, 2.45) is 0 Å². The van der Waals surface area contributed by atoms with E-state index in [1.807, 2.05) is 38.4 Å². The van der Waals surface area contributed by atoms with Crippen molar-refractivity contribution in [3.05, 3.63) is 24.3 Å². The third kappa shape index (κ3) is 5.00. The first-order valence-electron chi connectivity index (χ1n) is 5.21. The summed E-state index contributed by atoms with van der Waals surface area (Å²) in [6.45, 7) is 1.86. The SMILES string of the molecule is COCOc1ccc(OCCN(C)C)cc1. The van der Waals surface area contributed by atoms with Crippen LogP contribution in [0.25, 0.3) is 0 Å². The predicted octanol–water partition coefficient (Wildman–Crippen LogP) is 1.61. The molecule has 0 atom stereocenters. The van der Waals surface area contributed by atoms with Gasteiger partial charge in [-0.2, -0.15) is 0 Å². The Bertz CT molecular complexity index is 285. The Morgan fingerprint density at radius 1 is 1.00 bits per heavy atom. The van der Waals surface area contributed by atoms with Gasteiger partial charge >= 0.3 is 0 Å². The normalized spacial score (nSPS) is 10.5. The predicted molar refractivity (Wildman–Crippen MR) is 63.0 cm³/mol. The molecule has 0 aromatic heterocycles. The Balaban J connectivity index is 2.33. The van der Waals surface area contributed by atoms with Crippen LogP contribution in [-0.4, -0.2) is 46.0 Å².